The summed E-state index contributed by atoms with van der Waals surface area (Å²) >= 11 is 0. The molecule has 0 bridgehead atoms. The topological polar surface area (TPSA) is 112 Å². The van der Waals surface area contributed by atoms with E-state index >= 15 is 0 Å². The van der Waals surface area contributed by atoms with Crippen molar-refractivity contribution in [1.29, 1.82) is 0 Å². The van der Waals surface area contributed by atoms with E-state index in [1.807, 2.05) is 6.07 Å². The third-order valence-corrected chi connectivity index (χ3v) is 6.17. The van der Waals surface area contributed by atoms with Gasteiger partial charge in [0.25, 0.3) is 11.5 Å². The average Bonchev–Trinajstić information content (AvgIpc) is 3.12. The molecule has 0 saturated carbocycles. The van der Waals surface area contributed by atoms with Crippen LogP contribution in [0.15, 0.2) is 52.3 Å². The van der Waals surface area contributed by atoms with Gasteiger partial charge in [0.05, 0.1) is 5.69 Å². The Morgan fingerprint density at radius 1 is 1.10 bits per heavy atom. The van der Waals surface area contributed by atoms with Gasteiger partial charge in [-0.1, -0.05) is 6.07 Å². The van der Waals surface area contributed by atoms with Crippen LogP contribution in [-0.2, 0) is 11.8 Å². The number of carbonyl (C=O) groups is 1. The van der Waals surface area contributed by atoms with Crippen LogP contribution < -0.4 is 11.1 Å². The fourth-order valence-electron chi connectivity index (χ4n) is 4.74. The number of aromatic nitrogens is 4. The van der Waals surface area contributed by atoms with E-state index in [1.54, 1.807) is 35.5 Å². The summed E-state index contributed by atoms with van der Waals surface area (Å²) in [7, 11) is 0. The van der Waals surface area contributed by atoms with E-state index in [0.29, 0.717) is 30.9 Å². The lowest BCUT2D eigenvalue weighted by atomic mass is 9.77. The van der Waals surface area contributed by atoms with Gasteiger partial charge in [0.1, 0.15) is 11.5 Å². The van der Waals surface area contributed by atoms with Gasteiger partial charge in [0.15, 0.2) is 0 Å². The predicted octanol–water partition coefficient (Wildman–Crippen LogP) is 1.64. The molecule has 1 unspecified atom stereocenters. The second-order valence-electron chi connectivity index (χ2n) is 8.02. The summed E-state index contributed by atoms with van der Waals surface area (Å²) in [5, 5.41) is 0. The fourth-order valence-corrected chi connectivity index (χ4v) is 4.74. The largest absolute Gasteiger partial charge is 0.336 e. The van der Waals surface area contributed by atoms with Crippen LogP contribution in [-0.4, -0.2) is 43.8 Å². The van der Waals surface area contributed by atoms with Gasteiger partial charge in [-0.05, 0) is 43.9 Å². The van der Waals surface area contributed by atoms with Crippen LogP contribution in [0, 0.1) is 0 Å². The highest BCUT2D eigenvalue weighted by Gasteiger charge is 2.45. The standard InChI is InChI=1S/C22H21N5O3/c28-17-6-1-5-16(24-17)21(30)27-11-3-8-22(13-27)9-7-15-18(22)25-19(26-20(15)29)14-4-2-10-23-12-14/h1-2,4-6,10,12H,3,7-9,11,13H2,(H,24,28)(H,25,26,29). The van der Waals surface area contributed by atoms with E-state index in [9.17, 15) is 14.4 Å². The maximum absolute atomic E-state index is 13.0. The quantitative estimate of drug-likeness (QED) is 0.676. The SMILES string of the molecule is O=C(c1cccc(=O)[nH]1)N1CCCC2(CCc3c2nc(-c2cccnc2)[nH]c3=O)C1. The van der Waals surface area contributed by atoms with Crippen LogP contribution >= 0.6 is 0 Å². The van der Waals surface area contributed by atoms with Crippen LogP contribution in [0.25, 0.3) is 11.4 Å². The van der Waals surface area contributed by atoms with Crippen LogP contribution in [0.5, 0.6) is 0 Å². The minimum atomic E-state index is -0.344. The van der Waals surface area contributed by atoms with E-state index in [-0.39, 0.29) is 28.1 Å². The maximum atomic E-state index is 13.0. The molecule has 5 rings (SSSR count). The number of H-pyrrole nitrogens is 2. The molecule has 1 spiro atoms. The first-order valence-electron chi connectivity index (χ1n) is 10.1. The molecule has 8 heteroatoms. The number of likely N-dealkylation sites (tertiary alicyclic amines) is 1. The lowest BCUT2D eigenvalue weighted by molar-refractivity contribution is 0.0627. The van der Waals surface area contributed by atoms with E-state index in [0.717, 1.165) is 30.5 Å². The van der Waals surface area contributed by atoms with E-state index < -0.39 is 0 Å². The third kappa shape index (κ3) is 3.04. The fraction of sp³-hybridized carbons (Fsp3) is 0.318. The first kappa shape index (κ1) is 18.5. The molecule has 2 N–H and O–H groups in total. The molecule has 1 fully saturated rings. The molecule has 4 heterocycles. The Bertz CT molecular complexity index is 1230. The van der Waals surface area contributed by atoms with Gasteiger partial charge in [-0.25, -0.2) is 4.98 Å². The van der Waals surface area contributed by atoms with Crippen LogP contribution in [0.1, 0.15) is 41.0 Å². The lowest BCUT2D eigenvalue weighted by Crippen LogP contribution is -2.48. The molecular formula is C22H21N5O3. The van der Waals surface area contributed by atoms with Gasteiger partial charge in [-0.15, -0.1) is 0 Å². The van der Waals surface area contributed by atoms with E-state index in [4.69, 9.17) is 4.98 Å². The summed E-state index contributed by atoms with van der Waals surface area (Å²) < 4.78 is 0. The number of hydrogen-bond acceptors (Lipinski definition) is 5. The van der Waals surface area contributed by atoms with Gasteiger partial charge < -0.3 is 14.9 Å². The van der Waals surface area contributed by atoms with Crippen molar-refractivity contribution in [3.05, 3.63) is 80.4 Å². The minimum Gasteiger partial charge on any atom is -0.336 e. The molecule has 8 nitrogen and oxygen atoms in total. The number of piperidine rings is 1. The van der Waals surface area contributed by atoms with Gasteiger partial charge in [-0.3, -0.25) is 19.4 Å². The number of aromatic amines is 2. The van der Waals surface area contributed by atoms with Crippen molar-refractivity contribution in [1.82, 2.24) is 24.8 Å². The molecule has 30 heavy (non-hydrogen) atoms. The summed E-state index contributed by atoms with van der Waals surface area (Å²) in [4.78, 5) is 53.7. The van der Waals surface area contributed by atoms with Crippen LogP contribution in [0.2, 0.25) is 0 Å². The van der Waals surface area contributed by atoms with E-state index in [2.05, 4.69) is 15.0 Å². The molecule has 1 amide bonds. The van der Waals surface area contributed by atoms with Crippen LogP contribution in [0.4, 0.5) is 0 Å². The summed E-state index contributed by atoms with van der Waals surface area (Å²) in [5.41, 5.74) is 1.79. The van der Waals surface area contributed by atoms with Gasteiger partial charge >= 0.3 is 0 Å². The number of hydrogen-bond donors (Lipinski definition) is 2. The number of rotatable bonds is 2. The molecule has 1 aliphatic heterocycles. The second-order valence-corrected chi connectivity index (χ2v) is 8.02. The Kier molecular flexibility index (Phi) is 4.34. The zero-order chi connectivity index (χ0) is 20.7. The molecule has 2 aliphatic rings. The molecular weight excluding hydrogens is 382 g/mol. The third-order valence-electron chi connectivity index (χ3n) is 6.17. The molecule has 0 radical (unpaired) electrons. The molecule has 152 valence electrons. The molecule has 1 atom stereocenters. The summed E-state index contributed by atoms with van der Waals surface area (Å²) in [6.45, 7) is 1.10. The van der Waals surface area contributed by atoms with Crippen molar-refractivity contribution < 1.29 is 4.79 Å². The van der Waals surface area contributed by atoms with Crippen molar-refractivity contribution in [3.8, 4) is 11.4 Å². The smallest absolute Gasteiger partial charge is 0.270 e. The van der Waals surface area contributed by atoms with Crippen molar-refractivity contribution in [2.45, 2.75) is 31.1 Å². The van der Waals surface area contributed by atoms with Crippen LogP contribution in [0.3, 0.4) is 0 Å². The van der Waals surface area contributed by atoms with Crippen molar-refractivity contribution in [2.75, 3.05) is 13.1 Å². The van der Waals surface area contributed by atoms with Gasteiger partial charge in [-0.2, -0.15) is 0 Å². The molecule has 1 aliphatic carbocycles. The van der Waals surface area contributed by atoms with Crippen molar-refractivity contribution in [2.24, 2.45) is 0 Å². The molecule has 0 aromatic carbocycles. The second kappa shape index (κ2) is 7.05. The highest BCUT2D eigenvalue weighted by atomic mass is 16.2. The Morgan fingerprint density at radius 3 is 2.80 bits per heavy atom. The number of fused-ring (bicyclic) bond motifs is 2. The lowest BCUT2D eigenvalue weighted by Gasteiger charge is -2.40. The molecule has 3 aromatic heterocycles. The minimum absolute atomic E-state index is 0.119. The Labute approximate surface area is 172 Å². The highest BCUT2D eigenvalue weighted by Crippen LogP contribution is 2.43. The highest BCUT2D eigenvalue weighted by molar-refractivity contribution is 5.92. The summed E-state index contributed by atoms with van der Waals surface area (Å²) in [6, 6.07) is 8.26. The monoisotopic (exact) mass is 403 g/mol. The number of nitrogens with zero attached hydrogens (tertiary/aromatic N) is 3. The zero-order valence-electron chi connectivity index (χ0n) is 16.4. The zero-order valence-corrected chi connectivity index (χ0v) is 16.4. The maximum Gasteiger partial charge on any atom is 0.270 e. The van der Waals surface area contributed by atoms with Gasteiger partial charge in [0.2, 0.25) is 5.56 Å². The predicted molar refractivity (Wildman–Crippen MR) is 110 cm³/mol. The summed E-state index contributed by atoms with van der Waals surface area (Å²) in [6.07, 6.45) is 6.47. The van der Waals surface area contributed by atoms with Crippen molar-refractivity contribution in [3.63, 3.8) is 0 Å². The average molecular weight is 403 g/mol. The number of pyridine rings is 2. The normalized spacial score (nSPS) is 20.3. The van der Waals surface area contributed by atoms with Gasteiger partial charge in [0, 0.05) is 48.1 Å². The summed E-state index contributed by atoms with van der Waals surface area (Å²) in [5.74, 6) is 0.307. The molecule has 3 aromatic rings. The Morgan fingerprint density at radius 2 is 2.00 bits per heavy atom. The van der Waals surface area contributed by atoms with E-state index in [1.165, 1.54) is 6.07 Å². The molecule has 1 saturated heterocycles. The Hall–Kier alpha value is -3.55. The Balaban J connectivity index is 1.52. The number of nitrogens with one attached hydrogen (secondary N) is 2. The number of amides is 1. The first-order chi connectivity index (χ1) is 14.6. The number of carbonyl (C=O) groups excluding carboxylic acids is 1. The van der Waals surface area contributed by atoms with Crippen molar-refractivity contribution >= 4 is 5.91 Å². The first-order valence-corrected chi connectivity index (χ1v) is 10.1.